The first kappa shape index (κ1) is 9.40. The van der Waals surface area contributed by atoms with Crippen molar-refractivity contribution in [3.63, 3.8) is 0 Å². The van der Waals surface area contributed by atoms with Gasteiger partial charge in [-0.25, -0.2) is 0 Å². The minimum atomic E-state index is -4.64. The highest BCUT2D eigenvalue weighted by molar-refractivity contribution is 6.59. The monoisotopic (exact) mass is 198 g/mol. The van der Waals surface area contributed by atoms with Crippen molar-refractivity contribution < 1.29 is 13.2 Å². The number of alkyl halides is 3. The molecule has 0 nitrogen and oxygen atoms in total. The van der Waals surface area contributed by atoms with Crippen molar-refractivity contribution in [3.05, 3.63) is 9.52 Å². The van der Waals surface area contributed by atoms with Gasteiger partial charge in [-0.05, 0) is 0 Å². The van der Waals surface area contributed by atoms with Gasteiger partial charge in [0.05, 0.1) is 0 Å². The summed E-state index contributed by atoms with van der Waals surface area (Å²) in [5, 5.41) is -1.49. The zero-order valence-electron chi connectivity index (χ0n) is 3.77. The molecule has 0 aromatic carbocycles. The summed E-state index contributed by atoms with van der Waals surface area (Å²) in [5.74, 6) is 0. The average Bonchev–Trinajstić information content (AvgIpc) is 1.62. The lowest BCUT2D eigenvalue weighted by Gasteiger charge is -2.02. The molecule has 0 aliphatic rings. The molecule has 0 aliphatic heterocycles. The average molecular weight is 199 g/mol. The summed E-state index contributed by atoms with van der Waals surface area (Å²) in [6.07, 6.45) is -4.64. The fraction of sp³-hybridized carbons (Fsp3) is 0.333. The minimum Gasteiger partial charge on any atom is -0.165 e. The van der Waals surface area contributed by atoms with Crippen molar-refractivity contribution in [1.82, 2.24) is 0 Å². The second-order valence-corrected chi connectivity index (χ2v) is 2.40. The number of halogens is 6. The molecule has 6 heteroatoms. The maximum absolute atomic E-state index is 11.3. The first-order valence-corrected chi connectivity index (χ1v) is 2.77. The Balaban J connectivity index is 4.40. The molecule has 0 heterocycles. The van der Waals surface area contributed by atoms with Crippen LogP contribution in [-0.4, -0.2) is 6.18 Å². The molecule has 0 bridgehead atoms. The van der Waals surface area contributed by atoms with E-state index in [-0.39, 0.29) is 0 Å². The Kier molecular flexibility index (Phi) is 3.12. The molecule has 0 unspecified atom stereocenters. The molecule has 0 spiro atoms. The molecule has 0 aliphatic carbocycles. The van der Waals surface area contributed by atoms with Crippen LogP contribution in [0.3, 0.4) is 0 Å². The summed E-state index contributed by atoms with van der Waals surface area (Å²) in [6.45, 7) is 0. The molecule has 0 atom stereocenters. The Hall–Kier alpha value is 0.400. The largest absolute Gasteiger partial charge is 0.429 e. The van der Waals surface area contributed by atoms with Gasteiger partial charge in [0, 0.05) is 0 Å². The Morgan fingerprint density at radius 2 is 1.33 bits per heavy atom. The lowest BCUT2D eigenvalue weighted by atomic mass is 10.6. The topological polar surface area (TPSA) is 0 Å². The molecule has 0 aromatic rings. The summed E-state index contributed by atoms with van der Waals surface area (Å²) in [7, 11) is 0. The fourth-order valence-electron chi connectivity index (χ4n) is 0.107. The molecule has 0 amide bonds. The van der Waals surface area contributed by atoms with Gasteiger partial charge in [-0.2, -0.15) is 13.2 Å². The Morgan fingerprint density at radius 3 is 1.33 bits per heavy atom. The van der Waals surface area contributed by atoms with Crippen LogP contribution < -0.4 is 0 Å². The van der Waals surface area contributed by atoms with E-state index in [0.29, 0.717) is 0 Å². The molecule has 54 valence electrons. The molecule has 9 heavy (non-hydrogen) atoms. The standard InChI is InChI=1S/C3Cl3F3/c4-1(2(5)6)3(7,8)9. The lowest BCUT2D eigenvalue weighted by Crippen LogP contribution is -2.07. The van der Waals surface area contributed by atoms with Crippen LogP contribution in [0.1, 0.15) is 0 Å². The Labute approximate surface area is 64.2 Å². The molecule has 0 N–H and O–H groups in total. The van der Waals surface area contributed by atoms with Gasteiger partial charge < -0.3 is 0 Å². The van der Waals surface area contributed by atoms with E-state index in [2.05, 4.69) is 11.6 Å². The number of hydrogen-bond donors (Lipinski definition) is 0. The van der Waals surface area contributed by atoms with Crippen LogP contribution in [0, 0.1) is 0 Å². The third kappa shape index (κ3) is 3.18. The molecule has 0 fully saturated rings. The summed E-state index contributed by atoms with van der Waals surface area (Å²) in [6, 6.07) is 0. The first-order chi connectivity index (χ1) is 3.85. The highest BCUT2D eigenvalue weighted by atomic mass is 35.5. The maximum atomic E-state index is 11.3. The SMILES string of the molecule is FC(F)(F)C(Cl)=C(Cl)Cl. The predicted molar refractivity (Wildman–Crippen MR) is 30.6 cm³/mol. The number of allylic oxidation sites excluding steroid dienone is 1. The van der Waals surface area contributed by atoms with Crippen molar-refractivity contribution in [2.75, 3.05) is 0 Å². The second-order valence-electron chi connectivity index (χ2n) is 1.07. The van der Waals surface area contributed by atoms with Crippen LogP contribution in [0.25, 0.3) is 0 Å². The molecule has 0 radical (unpaired) electrons. The van der Waals surface area contributed by atoms with E-state index in [1.54, 1.807) is 0 Å². The van der Waals surface area contributed by atoms with Crippen LogP contribution in [0.15, 0.2) is 9.52 Å². The predicted octanol–water partition coefficient (Wildman–Crippen LogP) is 3.43. The van der Waals surface area contributed by atoms with E-state index in [4.69, 9.17) is 23.2 Å². The summed E-state index contributed by atoms with van der Waals surface area (Å²) < 4.78 is 33.1. The van der Waals surface area contributed by atoms with Crippen molar-refractivity contribution in [2.45, 2.75) is 6.18 Å². The van der Waals surface area contributed by atoms with Gasteiger partial charge in [0.2, 0.25) is 0 Å². The number of hydrogen-bond acceptors (Lipinski definition) is 0. The maximum Gasteiger partial charge on any atom is 0.429 e. The highest BCUT2D eigenvalue weighted by Crippen LogP contribution is 2.33. The smallest absolute Gasteiger partial charge is 0.165 e. The molecular weight excluding hydrogens is 199 g/mol. The van der Waals surface area contributed by atoms with Crippen molar-refractivity contribution >= 4 is 34.8 Å². The zero-order chi connectivity index (χ0) is 7.65. The van der Waals surface area contributed by atoms with Crippen molar-refractivity contribution in [1.29, 1.82) is 0 Å². The van der Waals surface area contributed by atoms with Crippen molar-refractivity contribution in [2.24, 2.45) is 0 Å². The van der Waals surface area contributed by atoms with Crippen molar-refractivity contribution in [3.8, 4) is 0 Å². The molecule has 0 rings (SSSR count). The van der Waals surface area contributed by atoms with Gasteiger partial charge in [0.1, 0.15) is 4.49 Å². The van der Waals surface area contributed by atoms with Gasteiger partial charge in [0.15, 0.2) is 5.03 Å². The third-order valence-corrected chi connectivity index (χ3v) is 1.39. The van der Waals surface area contributed by atoms with E-state index < -0.39 is 15.7 Å². The van der Waals surface area contributed by atoms with E-state index in [9.17, 15) is 13.2 Å². The lowest BCUT2D eigenvalue weighted by molar-refractivity contribution is -0.0845. The van der Waals surface area contributed by atoms with Gasteiger partial charge >= 0.3 is 6.18 Å². The van der Waals surface area contributed by atoms with Crippen LogP contribution in [0.4, 0.5) is 13.2 Å². The van der Waals surface area contributed by atoms with Gasteiger partial charge in [-0.15, -0.1) is 0 Å². The summed E-state index contributed by atoms with van der Waals surface area (Å²) >= 11 is 14.0. The van der Waals surface area contributed by atoms with Crippen LogP contribution >= 0.6 is 34.8 Å². The zero-order valence-corrected chi connectivity index (χ0v) is 6.04. The molecule has 0 saturated heterocycles. The summed E-state index contributed by atoms with van der Waals surface area (Å²) in [4.78, 5) is 0. The first-order valence-electron chi connectivity index (χ1n) is 1.63. The third-order valence-electron chi connectivity index (χ3n) is 0.415. The van der Waals surface area contributed by atoms with E-state index in [1.807, 2.05) is 0 Å². The van der Waals surface area contributed by atoms with E-state index >= 15 is 0 Å². The van der Waals surface area contributed by atoms with E-state index in [0.717, 1.165) is 0 Å². The molecule has 0 saturated carbocycles. The normalized spacial score (nSPS) is 11.3. The Bertz CT molecular complexity index is 132. The number of rotatable bonds is 0. The van der Waals surface area contributed by atoms with Gasteiger partial charge in [-0.3, -0.25) is 0 Å². The van der Waals surface area contributed by atoms with E-state index in [1.165, 1.54) is 0 Å². The van der Waals surface area contributed by atoms with Gasteiger partial charge in [0.25, 0.3) is 0 Å². The highest BCUT2D eigenvalue weighted by Gasteiger charge is 2.34. The van der Waals surface area contributed by atoms with Gasteiger partial charge in [-0.1, -0.05) is 34.8 Å². The van der Waals surface area contributed by atoms with Crippen LogP contribution in [0.5, 0.6) is 0 Å². The van der Waals surface area contributed by atoms with Crippen LogP contribution in [0.2, 0.25) is 0 Å². The second kappa shape index (κ2) is 2.99. The fourth-order valence-corrected chi connectivity index (χ4v) is 0.321. The minimum absolute atomic E-state index is 0.968. The molecule has 0 aromatic heterocycles. The quantitative estimate of drug-likeness (QED) is 0.561. The molecular formula is C3Cl3F3. The summed E-state index contributed by atoms with van der Waals surface area (Å²) in [5.41, 5.74) is 0. The Morgan fingerprint density at radius 1 is 1.00 bits per heavy atom. The van der Waals surface area contributed by atoms with Crippen LogP contribution in [-0.2, 0) is 0 Å².